The summed E-state index contributed by atoms with van der Waals surface area (Å²) in [4.78, 5) is 20.5. The minimum Gasteiger partial charge on any atom is -0.479 e. The van der Waals surface area contributed by atoms with E-state index in [2.05, 4.69) is 4.74 Å². The molecule has 4 nitrogen and oxygen atoms in total. The van der Waals surface area contributed by atoms with Crippen molar-refractivity contribution in [2.45, 2.75) is 13.0 Å². The van der Waals surface area contributed by atoms with Gasteiger partial charge in [0.05, 0.1) is 4.43 Å². The highest BCUT2D eigenvalue weighted by molar-refractivity contribution is 14.1. The molecule has 0 fully saturated rings. The fourth-order valence-corrected chi connectivity index (χ4v) is 0.459. The molecule has 0 amide bonds. The molecule has 0 aliphatic carbocycles. The van der Waals surface area contributed by atoms with Crippen LogP contribution in [0.4, 0.5) is 0 Å². The number of carbonyl (C=O) groups is 2. The standard InChI is InChI=1S/C5H7IO4/c1-3(5(8)9)10-4(7)2-6/h3H,2H2,1H3,(H,8,9). The van der Waals surface area contributed by atoms with Gasteiger partial charge < -0.3 is 9.84 Å². The topological polar surface area (TPSA) is 63.6 Å². The first-order valence-corrected chi connectivity index (χ1v) is 4.08. The van der Waals surface area contributed by atoms with Gasteiger partial charge in [0.15, 0.2) is 6.10 Å². The van der Waals surface area contributed by atoms with E-state index in [-0.39, 0.29) is 4.43 Å². The molecule has 0 saturated carbocycles. The number of halogens is 1. The first-order chi connectivity index (χ1) is 4.57. The van der Waals surface area contributed by atoms with Crippen molar-refractivity contribution in [3.8, 4) is 0 Å². The average molecular weight is 258 g/mol. The molecule has 0 aliphatic rings. The first-order valence-electron chi connectivity index (χ1n) is 2.56. The van der Waals surface area contributed by atoms with Gasteiger partial charge in [0.2, 0.25) is 0 Å². The Bertz CT molecular complexity index is 145. The molecule has 0 heterocycles. The lowest BCUT2D eigenvalue weighted by molar-refractivity contribution is -0.160. The molecular formula is C5H7IO4. The molecule has 0 aliphatic heterocycles. The molecule has 0 spiro atoms. The quantitative estimate of drug-likeness (QED) is 0.453. The van der Waals surface area contributed by atoms with Crippen LogP contribution in [0, 0.1) is 0 Å². The van der Waals surface area contributed by atoms with Crippen molar-refractivity contribution in [2.75, 3.05) is 4.43 Å². The molecule has 0 rings (SSSR count). The number of carbonyl (C=O) groups excluding carboxylic acids is 1. The van der Waals surface area contributed by atoms with Crippen molar-refractivity contribution in [1.29, 1.82) is 0 Å². The number of ether oxygens (including phenoxy) is 1. The van der Waals surface area contributed by atoms with Crippen LogP contribution >= 0.6 is 22.6 Å². The number of carboxylic acids is 1. The second-order valence-corrected chi connectivity index (χ2v) is 2.37. The van der Waals surface area contributed by atoms with Gasteiger partial charge in [-0.15, -0.1) is 0 Å². The lowest BCUT2D eigenvalue weighted by Gasteiger charge is -2.05. The second-order valence-electron chi connectivity index (χ2n) is 1.60. The highest BCUT2D eigenvalue weighted by Crippen LogP contribution is 1.93. The Morgan fingerprint density at radius 1 is 1.70 bits per heavy atom. The maximum Gasteiger partial charge on any atom is 0.344 e. The van der Waals surface area contributed by atoms with Crippen LogP contribution in [-0.4, -0.2) is 27.6 Å². The molecule has 0 aromatic heterocycles. The highest BCUT2D eigenvalue weighted by Gasteiger charge is 2.14. The van der Waals surface area contributed by atoms with Crippen LogP contribution in [0.25, 0.3) is 0 Å². The molecule has 1 unspecified atom stereocenters. The van der Waals surface area contributed by atoms with E-state index in [1.807, 2.05) is 0 Å². The van der Waals surface area contributed by atoms with Crippen LogP contribution in [0.3, 0.4) is 0 Å². The second kappa shape index (κ2) is 4.48. The minimum atomic E-state index is -1.13. The van der Waals surface area contributed by atoms with E-state index in [9.17, 15) is 9.59 Å². The van der Waals surface area contributed by atoms with Gasteiger partial charge in [-0.3, -0.25) is 4.79 Å². The number of carboxylic acid groups (broad SMARTS) is 1. The van der Waals surface area contributed by atoms with E-state index in [1.54, 1.807) is 22.6 Å². The van der Waals surface area contributed by atoms with Gasteiger partial charge in [-0.2, -0.15) is 0 Å². The predicted octanol–water partition coefficient (Wildman–Crippen LogP) is 0.438. The molecule has 58 valence electrons. The molecular weight excluding hydrogens is 251 g/mol. The summed E-state index contributed by atoms with van der Waals surface area (Å²) in [6, 6.07) is 0. The summed E-state index contributed by atoms with van der Waals surface area (Å²) in [5.74, 6) is -1.63. The molecule has 0 aromatic carbocycles. The van der Waals surface area contributed by atoms with E-state index >= 15 is 0 Å². The molecule has 0 bridgehead atoms. The van der Waals surface area contributed by atoms with E-state index in [0.29, 0.717) is 0 Å². The normalized spacial score (nSPS) is 12.2. The summed E-state index contributed by atoms with van der Waals surface area (Å²) in [6.45, 7) is 1.31. The number of alkyl halides is 1. The summed E-state index contributed by atoms with van der Waals surface area (Å²) < 4.78 is 4.59. The number of esters is 1. The summed E-state index contributed by atoms with van der Waals surface area (Å²) in [5, 5.41) is 8.25. The average Bonchev–Trinajstić information content (AvgIpc) is 1.87. The largest absolute Gasteiger partial charge is 0.479 e. The zero-order chi connectivity index (χ0) is 8.15. The molecule has 0 radical (unpaired) electrons. The lowest BCUT2D eigenvalue weighted by atomic mass is 10.4. The van der Waals surface area contributed by atoms with Crippen LogP contribution in [0.2, 0.25) is 0 Å². The Labute approximate surface area is 71.7 Å². The Hall–Kier alpha value is -0.330. The van der Waals surface area contributed by atoms with Crippen molar-refractivity contribution in [1.82, 2.24) is 0 Å². The van der Waals surface area contributed by atoms with Gasteiger partial charge in [0.25, 0.3) is 0 Å². The van der Waals surface area contributed by atoms with Crippen molar-refractivity contribution >= 4 is 34.5 Å². The monoisotopic (exact) mass is 258 g/mol. The van der Waals surface area contributed by atoms with Crippen molar-refractivity contribution in [3.63, 3.8) is 0 Å². The highest BCUT2D eigenvalue weighted by atomic mass is 127. The van der Waals surface area contributed by atoms with Crippen LogP contribution in [0.1, 0.15) is 6.92 Å². The summed E-state index contributed by atoms with van der Waals surface area (Å²) >= 11 is 1.80. The van der Waals surface area contributed by atoms with Gasteiger partial charge in [-0.05, 0) is 6.92 Å². The molecule has 5 heteroatoms. The van der Waals surface area contributed by atoms with Crippen LogP contribution < -0.4 is 0 Å². The molecule has 1 N–H and O–H groups in total. The third kappa shape index (κ3) is 3.65. The zero-order valence-corrected chi connectivity index (χ0v) is 7.49. The minimum absolute atomic E-state index is 0.176. The lowest BCUT2D eigenvalue weighted by Crippen LogP contribution is -2.23. The van der Waals surface area contributed by atoms with E-state index in [1.165, 1.54) is 6.92 Å². The van der Waals surface area contributed by atoms with E-state index in [0.717, 1.165) is 0 Å². The predicted molar refractivity (Wildman–Crippen MR) is 42.1 cm³/mol. The first kappa shape index (κ1) is 9.67. The van der Waals surface area contributed by atoms with Gasteiger partial charge in [-0.1, -0.05) is 22.6 Å². The number of hydrogen-bond donors (Lipinski definition) is 1. The van der Waals surface area contributed by atoms with Crippen molar-refractivity contribution in [3.05, 3.63) is 0 Å². The Kier molecular flexibility index (Phi) is 4.33. The fraction of sp³-hybridized carbons (Fsp3) is 0.600. The van der Waals surface area contributed by atoms with Crippen LogP contribution in [0.15, 0.2) is 0 Å². The molecule has 0 saturated heterocycles. The van der Waals surface area contributed by atoms with E-state index < -0.39 is 18.0 Å². The van der Waals surface area contributed by atoms with Crippen LogP contribution in [0.5, 0.6) is 0 Å². The van der Waals surface area contributed by atoms with Crippen LogP contribution in [-0.2, 0) is 14.3 Å². The zero-order valence-electron chi connectivity index (χ0n) is 5.33. The van der Waals surface area contributed by atoms with Crippen molar-refractivity contribution in [2.24, 2.45) is 0 Å². The Morgan fingerprint density at radius 3 is 2.50 bits per heavy atom. The number of aliphatic carboxylic acids is 1. The maximum atomic E-state index is 10.4. The van der Waals surface area contributed by atoms with Gasteiger partial charge in [0.1, 0.15) is 0 Å². The smallest absolute Gasteiger partial charge is 0.344 e. The molecule has 0 aromatic rings. The van der Waals surface area contributed by atoms with Gasteiger partial charge in [-0.25, -0.2) is 4.79 Å². The fourth-order valence-electron chi connectivity index (χ4n) is 0.279. The third-order valence-electron chi connectivity index (χ3n) is 0.765. The number of rotatable bonds is 3. The Balaban J connectivity index is 3.68. The number of hydrogen-bond acceptors (Lipinski definition) is 3. The summed E-state index contributed by atoms with van der Waals surface area (Å²) in [6.07, 6.45) is -1.04. The third-order valence-corrected chi connectivity index (χ3v) is 1.39. The van der Waals surface area contributed by atoms with Gasteiger partial charge in [0, 0.05) is 0 Å². The Morgan fingerprint density at radius 2 is 2.20 bits per heavy atom. The SMILES string of the molecule is CC(OC(=O)CI)C(=O)O. The van der Waals surface area contributed by atoms with E-state index in [4.69, 9.17) is 5.11 Å². The summed E-state index contributed by atoms with van der Waals surface area (Å²) in [7, 11) is 0. The molecule has 10 heavy (non-hydrogen) atoms. The van der Waals surface area contributed by atoms with Gasteiger partial charge >= 0.3 is 11.9 Å². The maximum absolute atomic E-state index is 10.4. The summed E-state index contributed by atoms with van der Waals surface area (Å²) in [5.41, 5.74) is 0. The molecule has 1 atom stereocenters. The van der Waals surface area contributed by atoms with Crippen molar-refractivity contribution < 1.29 is 19.4 Å².